The van der Waals surface area contributed by atoms with E-state index in [1.807, 2.05) is 24.3 Å². The molecule has 4 rings (SSSR count). The largest absolute Gasteiger partial charge is 0.424 e. The Morgan fingerprint density at radius 3 is 3.10 bits per heavy atom. The first-order valence-corrected chi connectivity index (χ1v) is 7.90. The van der Waals surface area contributed by atoms with Gasteiger partial charge in [0, 0.05) is 5.54 Å². The Hall–Kier alpha value is -1.51. The normalized spacial score (nSPS) is 32.6. The van der Waals surface area contributed by atoms with Crippen molar-refractivity contribution in [2.75, 3.05) is 5.32 Å². The van der Waals surface area contributed by atoms with E-state index in [9.17, 15) is 0 Å². The molecule has 0 saturated heterocycles. The third-order valence-corrected chi connectivity index (χ3v) is 5.30. The maximum Gasteiger partial charge on any atom is 0.296 e. The molecule has 2 aliphatic rings. The molecule has 3 heteroatoms. The van der Waals surface area contributed by atoms with Gasteiger partial charge in [0.25, 0.3) is 6.01 Å². The lowest BCUT2D eigenvalue weighted by Crippen LogP contribution is -2.40. The number of rotatable bonds is 3. The van der Waals surface area contributed by atoms with E-state index in [1.165, 1.54) is 38.5 Å². The summed E-state index contributed by atoms with van der Waals surface area (Å²) in [4.78, 5) is 4.59. The molecule has 106 valence electrons. The first-order chi connectivity index (χ1) is 9.76. The van der Waals surface area contributed by atoms with E-state index in [2.05, 4.69) is 17.2 Å². The first-order valence-electron chi connectivity index (χ1n) is 7.90. The summed E-state index contributed by atoms with van der Waals surface area (Å²) < 4.78 is 5.86. The molecule has 0 amide bonds. The Morgan fingerprint density at radius 1 is 1.35 bits per heavy atom. The molecule has 2 aliphatic carbocycles. The first kappa shape index (κ1) is 12.2. The van der Waals surface area contributed by atoms with Gasteiger partial charge >= 0.3 is 0 Å². The predicted molar refractivity (Wildman–Crippen MR) is 80.7 cm³/mol. The Labute approximate surface area is 119 Å². The summed E-state index contributed by atoms with van der Waals surface area (Å²) >= 11 is 0. The molecular weight excluding hydrogens is 248 g/mol. The molecule has 2 saturated carbocycles. The van der Waals surface area contributed by atoms with Crippen molar-refractivity contribution in [3.8, 4) is 0 Å². The van der Waals surface area contributed by atoms with Gasteiger partial charge in [0.2, 0.25) is 0 Å². The van der Waals surface area contributed by atoms with E-state index in [0.29, 0.717) is 6.01 Å². The summed E-state index contributed by atoms with van der Waals surface area (Å²) in [5.74, 6) is 1.78. The average Bonchev–Trinajstić information content (AvgIpc) is 2.99. The van der Waals surface area contributed by atoms with Gasteiger partial charge in [0.05, 0.1) is 0 Å². The topological polar surface area (TPSA) is 38.1 Å². The third kappa shape index (κ3) is 2.00. The fourth-order valence-electron chi connectivity index (χ4n) is 4.36. The van der Waals surface area contributed by atoms with Gasteiger partial charge in [-0.2, -0.15) is 4.98 Å². The van der Waals surface area contributed by atoms with E-state index < -0.39 is 0 Å². The number of hydrogen-bond acceptors (Lipinski definition) is 3. The number of oxazole rings is 1. The Balaban J connectivity index is 1.61. The van der Waals surface area contributed by atoms with Crippen LogP contribution in [0.1, 0.15) is 45.4 Å². The average molecular weight is 270 g/mol. The van der Waals surface area contributed by atoms with Gasteiger partial charge < -0.3 is 9.73 Å². The Bertz CT molecular complexity index is 587. The highest BCUT2D eigenvalue weighted by Crippen LogP contribution is 2.49. The fraction of sp³-hybridized carbons (Fsp3) is 0.588. The van der Waals surface area contributed by atoms with E-state index in [-0.39, 0.29) is 5.54 Å². The maximum absolute atomic E-state index is 5.86. The molecule has 20 heavy (non-hydrogen) atoms. The molecule has 2 bridgehead atoms. The van der Waals surface area contributed by atoms with Crippen LogP contribution >= 0.6 is 0 Å². The van der Waals surface area contributed by atoms with E-state index in [1.54, 1.807) is 0 Å². The van der Waals surface area contributed by atoms with Crippen LogP contribution in [0, 0.1) is 11.8 Å². The number of nitrogens with one attached hydrogen (secondary N) is 1. The molecule has 1 heterocycles. The molecule has 3 atom stereocenters. The second-order valence-corrected chi connectivity index (χ2v) is 6.71. The van der Waals surface area contributed by atoms with Crippen LogP contribution in [0.3, 0.4) is 0 Å². The summed E-state index contributed by atoms with van der Waals surface area (Å²) in [7, 11) is 0. The van der Waals surface area contributed by atoms with Crippen molar-refractivity contribution in [1.29, 1.82) is 0 Å². The zero-order valence-corrected chi connectivity index (χ0v) is 12.1. The molecule has 1 N–H and O–H groups in total. The zero-order chi connectivity index (χ0) is 13.6. The summed E-state index contributed by atoms with van der Waals surface area (Å²) in [5, 5.41) is 3.66. The summed E-state index contributed by atoms with van der Waals surface area (Å²) in [6, 6.07) is 8.71. The number of benzene rings is 1. The van der Waals surface area contributed by atoms with E-state index in [0.717, 1.165) is 22.9 Å². The van der Waals surface area contributed by atoms with Crippen molar-refractivity contribution in [1.82, 2.24) is 4.98 Å². The van der Waals surface area contributed by atoms with Gasteiger partial charge in [-0.05, 0) is 56.1 Å². The second-order valence-electron chi connectivity index (χ2n) is 6.71. The molecule has 2 fully saturated rings. The van der Waals surface area contributed by atoms with Gasteiger partial charge in [-0.15, -0.1) is 0 Å². The maximum atomic E-state index is 5.86. The van der Waals surface area contributed by atoms with Gasteiger partial charge in [0.15, 0.2) is 5.58 Å². The van der Waals surface area contributed by atoms with Crippen LogP contribution in [-0.4, -0.2) is 10.5 Å². The van der Waals surface area contributed by atoms with Crippen molar-refractivity contribution in [3.63, 3.8) is 0 Å². The van der Waals surface area contributed by atoms with Crippen LogP contribution in [0.15, 0.2) is 28.7 Å². The van der Waals surface area contributed by atoms with Crippen LogP contribution in [0.4, 0.5) is 6.01 Å². The molecule has 1 aromatic heterocycles. The van der Waals surface area contributed by atoms with Crippen LogP contribution < -0.4 is 5.32 Å². The summed E-state index contributed by atoms with van der Waals surface area (Å²) in [6.07, 6.45) is 7.93. The van der Waals surface area contributed by atoms with Crippen LogP contribution in [-0.2, 0) is 0 Å². The standard InChI is InChI=1S/C17H22N2O/c1-2-12-9-13-7-8-17(10-12,11-13)19-16-18-14-5-3-4-6-15(14)20-16/h3-6,12-13H,2,7-11H2,1H3,(H,18,19). The van der Waals surface area contributed by atoms with Crippen molar-refractivity contribution in [2.24, 2.45) is 11.8 Å². The second kappa shape index (κ2) is 4.51. The lowest BCUT2D eigenvalue weighted by molar-refractivity contribution is 0.236. The molecule has 0 aliphatic heterocycles. The van der Waals surface area contributed by atoms with E-state index >= 15 is 0 Å². The Kier molecular flexibility index (Phi) is 2.76. The highest BCUT2D eigenvalue weighted by atomic mass is 16.4. The molecule has 3 nitrogen and oxygen atoms in total. The van der Waals surface area contributed by atoms with Gasteiger partial charge in [0.1, 0.15) is 5.52 Å². The van der Waals surface area contributed by atoms with Crippen LogP contribution in [0.25, 0.3) is 11.1 Å². The number of hydrogen-bond donors (Lipinski definition) is 1. The zero-order valence-electron chi connectivity index (χ0n) is 12.1. The molecule has 3 unspecified atom stereocenters. The van der Waals surface area contributed by atoms with Crippen molar-refractivity contribution < 1.29 is 4.42 Å². The van der Waals surface area contributed by atoms with Crippen molar-refractivity contribution >= 4 is 17.1 Å². The minimum atomic E-state index is 0.241. The SMILES string of the molecule is CCC1CC2CCC(Nc3nc4ccccc4o3)(C1)C2. The van der Waals surface area contributed by atoms with Gasteiger partial charge in [-0.1, -0.05) is 25.5 Å². The van der Waals surface area contributed by atoms with Crippen molar-refractivity contribution in [3.05, 3.63) is 24.3 Å². The minimum absolute atomic E-state index is 0.241. The number of nitrogens with zero attached hydrogens (tertiary/aromatic N) is 1. The fourth-order valence-corrected chi connectivity index (χ4v) is 4.36. The smallest absolute Gasteiger partial charge is 0.296 e. The monoisotopic (exact) mass is 270 g/mol. The highest BCUT2D eigenvalue weighted by molar-refractivity contribution is 5.74. The molecular formula is C17H22N2O. The summed E-state index contributed by atoms with van der Waals surface area (Å²) in [6.45, 7) is 2.32. The highest BCUT2D eigenvalue weighted by Gasteiger charge is 2.45. The number of fused-ring (bicyclic) bond motifs is 3. The number of anilines is 1. The van der Waals surface area contributed by atoms with E-state index in [4.69, 9.17) is 4.42 Å². The number of para-hydroxylation sites is 2. The Morgan fingerprint density at radius 2 is 2.25 bits per heavy atom. The lowest BCUT2D eigenvalue weighted by atomic mass is 9.75. The van der Waals surface area contributed by atoms with Crippen LogP contribution in [0.5, 0.6) is 0 Å². The van der Waals surface area contributed by atoms with Gasteiger partial charge in [-0.3, -0.25) is 0 Å². The summed E-state index contributed by atoms with van der Waals surface area (Å²) in [5.41, 5.74) is 2.07. The molecule has 1 aromatic carbocycles. The molecule has 2 aromatic rings. The lowest BCUT2D eigenvalue weighted by Gasteiger charge is -2.38. The van der Waals surface area contributed by atoms with Gasteiger partial charge in [-0.25, -0.2) is 0 Å². The third-order valence-electron chi connectivity index (χ3n) is 5.30. The number of aromatic nitrogens is 1. The molecule has 0 radical (unpaired) electrons. The predicted octanol–water partition coefficient (Wildman–Crippen LogP) is 4.60. The van der Waals surface area contributed by atoms with Crippen LogP contribution in [0.2, 0.25) is 0 Å². The van der Waals surface area contributed by atoms with Crippen molar-refractivity contribution in [2.45, 2.75) is 51.0 Å². The minimum Gasteiger partial charge on any atom is -0.424 e. The quantitative estimate of drug-likeness (QED) is 0.885. The molecule has 0 spiro atoms.